The smallest absolute Gasteiger partial charge is 0.326 e. The zero-order valence-corrected chi connectivity index (χ0v) is 15.3. The summed E-state index contributed by atoms with van der Waals surface area (Å²) in [6.45, 7) is 7.46. The minimum atomic E-state index is -1.06. The van der Waals surface area contributed by atoms with Crippen LogP contribution in [0.25, 0.3) is 0 Å². The van der Waals surface area contributed by atoms with Gasteiger partial charge in [-0.05, 0) is 31.4 Å². The first-order valence-electron chi connectivity index (χ1n) is 8.67. The number of benzene rings is 1. The molecule has 3 N–H and O–H groups in total. The van der Waals surface area contributed by atoms with Gasteiger partial charge in [0.1, 0.15) is 12.1 Å². The average molecular weight is 348 g/mol. The predicted molar refractivity (Wildman–Crippen MR) is 96.4 cm³/mol. The van der Waals surface area contributed by atoms with Crippen molar-refractivity contribution in [1.29, 1.82) is 0 Å². The summed E-state index contributed by atoms with van der Waals surface area (Å²) in [6.07, 6.45) is 1.92. The summed E-state index contributed by atoms with van der Waals surface area (Å²) in [5.41, 5.74) is 1.42. The lowest BCUT2D eigenvalue weighted by molar-refractivity contribution is -0.142. The maximum absolute atomic E-state index is 12.5. The lowest BCUT2D eigenvalue weighted by Crippen LogP contribution is -2.53. The van der Waals surface area contributed by atoms with Crippen molar-refractivity contribution in [2.45, 2.75) is 59.0 Å². The number of carboxylic acid groups (broad SMARTS) is 1. The highest BCUT2D eigenvalue weighted by atomic mass is 16.4. The Morgan fingerprint density at radius 3 is 2.36 bits per heavy atom. The van der Waals surface area contributed by atoms with E-state index in [1.807, 2.05) is 33.8 Å². The second-order valence-corrected chi connectivity index (χ2v) is 6.61. The van der Waals surface area contributed by atoms with Crippen LogP contribution in [0.2, 0.25) is 0 Å². The maximum Gasteiger partial charge on any atom is 0.326 e. The molecule has 6 nitrogen and oxygen atoms in total. The fraction of sp³-hybridized carbons (Fsp3) is 0.526. The van der Waals surface area contributed by atoms with Crippen molar-refractivity contribution < 1.29 is 19.5 Å². The Bertz CT molecular complexity index is 613. The van der Waals surface area contributed by atoms with Crippen LogP contribution in [0.4, 0.5) is 0 Å². The van der Waals surface area contributed by atoms with Crippen LogP contribution in [0.1, 0.15) is 56.0 Å². The summed E-state index contributed by atoms with van der Waals surface area (Å²) in [5.74, 6) is -2.05. The molecule has 1 unspecified atom stereocenters. The molecule has 0 saturated heterocycles. The van der Waals surface area contributed by atoms with Crippen LogP contribution < -0.4 is 10.6 Å². The van der Waals surface area contributed by atoms with Crippen molar-refractivity contribution in [1.82, 2.24) is 10.6 Å². The van der Waals surface area contributed by atoms with E-state index in [1.54, 1.807) is 18.2 Å². The van der Waals surface area contributed by atoms with Gasteiger partial charge in [-0.25, -0.2) is 4.79 Å². The van der Waals surface area contributed by atoms with E-state index in [-0.39, 0.29) is 11.8 Å². The van der Waals surface area contributed by atoms with Crippen molar-refractivity contribution in [3.8, 4) is 0 Å². The Morgan fingerprint density at radius 2 is 1.84 bits per heavy atom. The highest BCUT2D eigenvalue weighted by Crippen LogP contribution is 2.09. The molecule has 0 bridgehead atoms. The van der Waals surface area contributed by atoms with Crippen LogP contribution in [0.5, 0.6) is 0 Å². The highest BCUT2D eigenvalue weighted by Gasteiger charge is 2.28. The number of carbonyl (C=O) groups excluding carboxylic acids is 2. The molecule has 0 saturated carbocycles. The predicted octanol–water partition coefficient (Wildman–Crippen LogP) is 2.51. The number of hydrogen-bond acceptors (Lipinski definition) is 3. The van der Waals surface area contributed by atoms with E-state index in [4.69, 9.17) is 0 Å². The van der Waals surface area contributed by atoms with Crippen LogP contribution in [-0.4, -0.2) is 35.0 Å². The highest BCUT2D eigenvalue weighted by molar-refractivity contribution is 5.98. The molecule has 0 heterocycles. The zero-order chi connectivity index (χ0) is 19.0. The molecule has 0 aliphatic heterocycles. The van der Waals surface area contributed by atoms with Crippen molar-refractivity contribution in [2.24, 2.45) is 5.92 Å². The van der Waals surface area contributed by atoms with Crippen molar-refractivity contribution >= 4 is 17.8 Å². The number of rotatable bonds is 9. The molecule has 2 atom stereocenters. The first kappa shape index (κ1) is 20.7. The standard InChI is InChI=1S/C19H28N2O4/c1-5-6-10-15(19(24)25)20-18(23)16(12(2)3)21-17(22)14-9-7-8-13(4)11-14/h7-9,11-12,15-16H,5-6,10H2,1-4H3,(H,20,23)(H,21,22)(H,24,25)/t15-,16?/m0/s1. The summed E-state index contributed by atoms with van der Waals surface area (Å²) >= 11 is 0. The average Bonchev–Trinajstić information content (AvgIpc) is 2.55. The molecule has 138 valence electrons. The first-order chi connectivity index (χ1) is 11.8. The number of aryl methyl sites for hydroxylation is 1. The van der Waals surface area contributed by atoms with Crippen molar-refractivity contribution in [3.63, 3.8) is 0 Å². The van der Waals surface area contributed by atoms with Crippen LogP contribution in [0.15, 0.2) is 24.3 Å². The van der Waals surface area contributed by atoms with Gasteiger partial charge in [0.15, 0.2) is 0 Å². The minimum Gasteiger partial charge on any atom is -0.480 e. The Hall–Kier alpha value is -2.37. The van der Waals surface area contributed by atoms with Crippen LogP contribution in [-0.2, 0) is 9.59 Å². The molecular formula is C19H28N2O4. The van der Waals surface area contributed by atoms with Gasteiger partial charge in [0.2, 0.25) is 5.91 Å². The van der Waals surface area contributed by atoms with Gasteiger partial charge in [-0.2, -0.15) is 0 Å². The second-order valence-electron chi connectivity index (χ2n) is 6.61. The SMILES string of the molecule is CCCC[C@H](NC(=O)C(NC(=O)c1cccc(C)c1)C(C)C)C(=O)O. The molecule has 0 radical (unpaired) electrons. The molecule has 0 aliphatic carbocycles. The second kappa shape index (κ2) is 9.81. The monoisotopic (exact) mass is 348 g/mol. The number of unbranched alkanes of at least 4 members (excludes halogenated alkanes) is 1. The molecule has 25 heavy (non-hydrogen) atoms. The number of nitrogens with one attached hydrogen (secondary N) is 2. The van der Waals surface area contributed by atoms with Gasteiger partial charge in [-0.3, -0.25) is 9.59 Å². The van der Waals surface area contributed by atoms with Gasteiger partial charge in [0, 0.05) is 5.56 Å². The Morgan fingerprint density at radius 1 is 1.16 bits per heavy atom. The van der Waals surface area contributed by atoms with Gasteiger partial charge in [-0.15, -0.1) is 0 Å². The normalized spacial score (nSPS) is 13.2. The van der Waals surface area contributed by atoms with Crippen molar-refractivity contribution in [2.75, 3.05) is 0 Å². The van der Waals surface area contributed by atoms with E-state index in [1.165, 1.54) is 0 Å². The summed E-state index contributed by atoms with van der Waals surface area (Å²) in [4.78, 5) is 36.2. The number of carboxylic acids is 1. The van der Waals surface area contributed by atoms with Gasteiger partial charge in [0.25, 0.3) is 5.91 Å². The van der Waals surface area contributed by atoms with Crippen LogP contribution in [0.3, 0.4) is 0 Å². The quantitative estimate of drug-likeness (QED) is 0.639. The van der Waals surface area contributed by atoms with Gasteiger partial charge >= 0.3 is 5.97 Å². The fourth-order valence-electron chi connectivity index (χ4n) is 2.47. The molecule has 1 aromatic rings. The van der Waals surface area contributed by atoms with E-state index < -0.39 is 24.0 Å². The van der Waals surface area contributed by atoms with E-state index in [9.17, 15) is 19.5 Å². The Labute approximate surface area is 149 Å². The minimum absolute atomic E-state index is 0.172. The third kappa shape index (κ3) is 6.57. The Kier molecular flexibility index (Phi) is 8.11. The zero-order valence-electron chi connectivity index (χ0n) is 15.3. The number of aliphatic carboxylic acids is 1. The molecule has 1 rings (SSSR count). The molecule has 0 aliphatic rings. The Balaban J connectivity index is 2.82. The molecular weight excluding hydrogens is 320 g/mol. The van der Waals surface area contributed by atoms with E-state index in [2.05, 4.69) is 10.6 Å². The molecule has 2 amide bonds. The maximum atomic E-state index is 12.5. The van der Waals surface area contributed by atoms with E-state index >= 15 is 0 Å². The van der Waals surface area contributed by atoms with Gasteiger partial charge in [-0.1, -0.05) is 51.3 Å². The van der Waals surface area contributed by atoms with Crippen LogP contribution in [0, 0.1) is 12.8 Å². The topological polar surface area (TPSA) is 95.5 Å². The number of amides is 2. The number of carbonyl (C=O) groups is 3. The molecule has 0 spiro atoms. The summed E-state index contributed by atoms with van der Waals surface area (Å²) in [6, 6.07) is 5.35. The van der Waals surface area contributed by atoms with Gasteiger partial charge in [0.05, 0.1) is 0 Å². The molecule has 1 aromatic carbocycles. The van der Waals surface area contributed by atoms with Crippen molar-refractivity contribution in [3.05, 3.63) is 35.4 Å². The summed E-state index contributed by atoms with van der Waals surface area (Å²) in [7, 11) is 0. The summed E-state index contributed by atoms with van der Waals surface area (Å²) in [5, 5.41) is 14.5. The lowest BCUT2D eigenvalue weighted by Gasteiger charge is -2.24. The van der Waals surface area contributed by atoms with E-state index in [0.717, 1.165) is 12.0 Å². The fourth-order valence-corrected chi connectivity index (χ4v) is 2.47. The van der Waals surface area contributed by atoms with Crippen LogP contribution >= 0.6 is 0 Å². The largest absolute Gasteiger partial charge is 0.480 e. The summed E-state index contributed by atoms with van der Waals surface area (Å²) < 4.78 is 0. The third-order valence-corrected chi connectivity index (χ3v) is 3.98. The molecule has 0 aromatic heterocycles. The third-order valence-electron chi connectivity index (χ3n) is 3.98. The first-order valence-corrected chi connectivity index (χ1v) is 8.67. The lowest BCUT2D eigenvalue weighted by atomic mass is 10.0. The molecule has 0 fully saturated rings. The van der Waals surface area contributed by atoms with Gasteiger partial charge < -0.3 is 15.7 Å². The molecule has 6 heteroatoms. The number of hydrogen-bond donors (Lipinski definition) is 3. The van der Waals surface area contributed by atoms with E-state index in [0.29, 0.717) is 18.4 Å².